The molecule has 3 nitrogen and oxygen atoms in total. The Morgan fingerprint density at radius 3 is 3.00 bits per heavy atom. The highest BCUT2D eigenvalue weighted by Crippen LogP contribution is 2.29. The maximum atomic E-state index is 10.8. The van der Waals surface area contributed by atoms with Crippen LogP contribution in [0.3, 0.4) is 0 Å². The molecule has 0 aliphatic heterocycles. The van der Waals surface area contributed by atoms with Crippen molar-refractivity contribution in [2.45, 2.75) is 6.42 Å². The number of hydrogen-bond donors (Lipinski definition) is 2. The molecule has 1 heterocycles. The minimum atomic E-state index is -0.354. The van der Waals surface area contributed by atoms with Crippen molar-refractivity contribution in [3.63, 3.8) is 0 Å². The molecule has 72 valence electrons. The second kappa shape index (κ2) is 3.31. The van der Waals surface area contributed by atoms with Crippen LogP contribution in [0.25, 0.3) is 10.1 Å². The van der Waals surface area contributed by atoms with Crippen molar-refractivity contribution in [1.82, 2.24) is 0 Å². The Morgan fingerprint density at radius 2 is 2.29 bits per heavy atom. The number of fused-ring (bicyclic) bond motifs is 1. The third-order valence-electron chi connectivity index (χ3n) is 2.00. The summed E-state index contributed by atoms with van der Waals surface area (Å²) in [6, 6.07) is 5.12. The molecule has 0 unspecified atom stereocenters. The second-order valence-corrected chi connectivity index (χ2v) is 4.00. The number of carbonyl (C=O) groups is 1. The minimum Gasteiger partial charge on any atom is -0.508 e. The molecule has 0 atom stereocenters. The highest BCUT2D eigenvalue weighted by atomic mass is 32.1. The fourth-order valence-electron chi connectivity index (χ4n) is 1.39. The lowest BCUT2D eigenvalue weighted by Gasteiger charge is -1.96. The molecule has 0 fully saturated rings. The number of aromatic hydroxyl groups is 1. The van der Waals surface area contributed by atoms with Gasteiger partial charge in [-0.25, -0.2) is 0 Å². The largest absolute Gasteiger partial charge is 0.508 e. The number of benzene rings is 1. The summed E-state index contributed by atoms with van der Waals surface area (Å²) in [5.41, 5.74) is 6.00. The highest BCUT2D eigenvalue weighted by molar-refractivity contribution is 7.17. The molecule has 0 aliphatic rings. The summed E-state index contributed by atoms with van der Waals surface area (Å²) < 4.78 is 1.05. The molecule has 1 aromatic carbocycles. The minimum absolute atomic E-state index is 0.210. The lowest BCUT2D eigenvalue weighted by Crippen LogP contribution is -2.13. The average molecular weight is 207 g/mol. The van der Waals surface area contributed by atoms with Crippen LogP contribution in [0.2, 0.25) is 0 Å². The van der Waals surface area contributed by atoms with Crippen LogP contribution in [0.5, 0.6) is 5.75 Å². The number of primary amides is 1. The lowest BCUT2D eigenvalue weighted by molar-refractivity contribution is -0.117. The van der Waals surface area contributed by atoms with Gasteiger partial charge < -0.3 is 10.8 Å². The van der Waals surface area contributed by atoms with E-state index in [-0.39, 0.29) is 18.1 Å². The maximum absolute atomic E-state index is 10.8. The van der Waals surface area contributed by atoms with Crippen molar-refractivity contribution in [3.05, 3.63) is 29.1 Å². The summed E-state index contributed by atoms with van der Waals surface area (Å²) in [4.78, 5) is 10.8. The zero-order chi connectivity index (χ0) is 10.1. The van der Waals surface area contributed by atoms with Gasteiger partial charge in [-0.05, 0) is 34.5 Å². The van der Waals surface area contributed by atoms with Gasteiger partial charge in [-0.2, -0.15) is 0 Å². The Hall–Kier alpha value is -1.55. The number of carbonyl (C=O) groups excluding carboxylic acids is 1. The molecule has 1 aromatic heterocycles. The molecule has 2 aromatic rings. The van der Waals surface area contributed by atoms with Crippen molar-refractivity contribution in [2.24, 2.45) is 5.73 Å². The summed E-state index contributed by atoms with van der Waals surface area (Å²) in [6.45, 7) is 0. The lowest BCUT2D eigenvalue weighted by atomic mass is 10.1. The van der Waals surface area contributed by atoms with Crippen LogP contribution >= 0.6 is 11.3 Å². The van der Waals surface area contributed by atoms with Gasteiger partial charge in [-0.1, -0.05) is 0 Å². The molecule has 0 spiro atoms. The number of thiophene rings is 1. The summed E-state index contributed by atoms with van der Waals surface area (Å²) >= 11 is 1.55. The predicted octanol–water partition coefficient (Wildman–Crippen LogP) is 1.63. The van der Waals surface area contributed by atoms with Crippen molar-refractivity contribution in [3.8, 4) is 5.75 Å². The van der Waals surface area contributed by atoms with Gasteiger partial charge in [0, 0.05) is 4.70 Å². The summed E-state index contributed by atoms with van der Waals surface area (Å²) in [7, 11) is 0. The number of hydrogen-bond acceptors (Lipinski definition) is 3. The predicted molar refractivity (Wildman–Crippen MR) is 56.4 cm³/mol. The molecular formula is C10H9NO2S. The Morgan fingerprint density at radius 1 is 1.50 bits per heavy atom. The van der Waals surface area contributed by atoms with Gasteiger partial charge in [-0.15, -0.1) is 11.3 Å². The number of amides is 1. The van der Waals surface area contributed by atoms with E-state index >= 15 is 0 Å². The topological polar surface area (TPSA) is 63.3 Å². The normalized spacial score (nSPS) is 10.6. The first-order valence-corrected chi connectivity index (χ1v) is 5.02. The third kappa shape index (κ3) is 1.56. The quantitative estimate of drug-likeness (QED) is 0.786. The summed E-state index contributed by atoms with van der Waals surface area (Å²) in [5, 5.41) is 12.1. The van der Waals surface area contributed by atoms with Crippen LogP contribution in [0.15, 0.2) is 23.6 Å². The average Bonchev–Trinajstić information content (AvgIpc) is 2.47. The van der Waals surface area contributed by atoms with Crippen LogP contribution in [0.4, 0.5) is 0 Å². The first-order valence-electron chi connectivity index (χ1n) is 4.14. The van der Waals surface area contributed by atoms with Gasteiger partial charge in [0.2, 0.25) is 5.91 Å². The summed E-state index contributed by atoms with van der Waals surface area (Å²) in [6.07, 6.45) is 0.226. The zero-order valence-electron chi connectivity index (χ0n) is 7.36. The maximum Gasteiger partial charge on any atom is 0.221 e. The molecule has 0 saturated heterocycles. The zero-order valence-corrected chi connectivity index (χ0v) is 8.17. The van der Waals surface area contributed by atoms with E-state index in [1.54, 1.807) is 23.5 Å². The van der Waals surface area contributed by atoms with Crippen LogP contribution in [-0.2, 0) is 11.2 Å². The van der Waals surface area contributed by atoms with Gasteiger partial charge in [0.25, 0.3) is 0 Å². The number of phenols is 1. The molecule has 1 amide bonds. The van der Waals surface area contributed by atoms with E-state index in [1.807, 2.05) is 11.4 Å². The molecule has 4 heteroatoms. The molecular weight excluding hydrogens is 198 g/mol. The van der Waals surface area contributed by atoms with Crippen molar-refractivity contribution in [2.75, 3.05) is 0 Å². The number of rotatable bonds is 2. The van der Waals surface area contributed by atoms with Gasteiger partial charge in [0.05, 0.1) is 6.42 Å². The molecule has 0 aliphatic carbocycles. The first kappa shape index (κ1) is 9.02. The Kier molecular flexibility index (Phi) is 2.13. The molecule has 0 radical (unpaired) electrons. The molecule has 14 heavy (non-hydrogen) atoms. The van der Waals surface area contributed by atoms with Gasteiger partial charge >= 0.3 is 0 Å². The van der Waals surface area contributed by atoms with Crippen LogP contribution < -0.4 is 5.73 Å². The van der Waals surface area contributed by atoms with Crippen molar-refractivity contribution in [1.29, 1.82) is 0 Å². The van der Waals surface area contributed by atoms with Gasteiger partial charge in [0.15, 0.2) is 0 Å². The van der Waals surface area contributed by atoms with E-state index in [1.165, 1.54) is 0 Å². The van der Waals surface area contributed by atoms with Crippen molar-refractivity contribution < 1.29 is 9.90 Å². The molecule has 3 N–H and O–H groups in total. The van der Waals surface area contributed by atoms with E-state index in [0.717, 1.165) is 15.6 Å². The second-order valence-electron chi connectivity index (χ2n) is 3.08. The number of phenolic OH excluding ortho intramolecular Hbond substituents is 1. The van der Waals surface area contributed by atoms with Gasteiger partial charge in [0.1, 0.15) is 5.75 Å². The fourth-order valence-corrected chi connectivity index (χ4v) is 2.34. The fraction of sp³-hybridized carbons (Fsp3) is 0.100. The highest BCUT2D eigenvalue weighted by Gasteiger charge is 2.06. The van der Waals surface area contributed by atoms with E-state index in [0.29, 0.717) is 0 Å². The number of nitrogens with two attached hydrogens (primary N) is 1. The smallest absolute Gasteiger partial charge is 0.221 e. The Balaban J connectivity index is 2.55. The molecule has 0 bridgehead atoms. The van der Waals surface area contributed by atoms with Crippen LogP contribution in [0.1, 0.15) is 5.56 Å². The summed E-state index contributed by atoms with van der Waals surface area (Å²) in [5.74, 6) is -0.144. The van der Waals surface area contributed by atoms with Crippen LogP contribution in [-0.4, -0.2) is 11.0 Å². The molecule has 0 saturated carbocycles. The van der Waals surface area contributed by atoms with E-state index < -0.39 is 0 Å². The first-order chi connectivity index (χ1) is 6.66. The Bertz CT molecular complexity index is 490. The van der Waals surface area contributed by atoms with Crippen LogP contribution in [0, 0.1) is 0 Å². The van der Waals surface area contributed by atoms with Crippen molar-refractivity contribution >= 4 is 27.3 Å². The SMILES string of the molecule is NC(=O)Cc1csc2ccc(O)cc12. The third-order valence-corrected chi connectivity index (χ3v) is 3.01. The standard InChI is InChI=1S/C10H9NO2S/c11-10(13)3-6-5-14-9-2-1-7(12)4-8(6)9/h1-2,4-5,12H,3H2,(H2,11,13). The Labute approximate surface area is 84.8 Å². The molecule has 2 rings (SSSR count). The van der Waals surface area contributed by atoms with Gasteiger partial charge in [-0.3, -0.25) is 4.79 Å². The van der Waals surface area contributed by atoms with E-state index in [2.05, 4.69) is 0 Å². The van der Waals surface area contributed by atoms with E-state index in [9.17, 15) is 9.90 Å². The monoisotopic (exact) mass is 207 g/mol. The van der Waals surface area contributed by atoms with E-state index in [4.69, 9.17) is 5.73 Å².